The average molecular weight is 248 g/mol. The molecule has 0 aromatic carbocycles. The summed E-state index contributed by atoms with van der Waals surface area (Å²) in [4.78, 5) is 18.8. The molecule has 0 atom stereocenters. The Balaban J connectivity index is 2.10. The van der Waals surface area contributed by atoms with Crippen molar-refractivity contribution in [2.75, 3.05) is 19.0 Å². The second kappa shape index (κ2) is 8.01. The molecule has 1 aromatic heterocycles. The summed E-state index contributed by atoms with van der Waals surface area (Å²) in [5, 5.41) is 11.7. The molecule has 0 radical (unpaired) electrons. The number of nitrogens with one attached hydrogen (secondary N) is 1. The molecule has 1 rings (SSSR count). The Morgan fingerprint density at radius 1 is 1.39 bits per heavy atom. The number of hydrogen-bond donors (Lipinski definition) is 1. The highest BCUT2D eigenvalue weighted by atomic mass is 16.5. The molecule has 0 amide bonds. The quantitative estimate of drug-likeness (QED) is 0.581. The van der Waals surface area contributed by atoms with E-state index in [4.69, 9.17) is 5.26 Å². The van der Waals surface area contributed by atoms with Gasteiger partial charge in [-0.2, -0.15) is 5.26 Å². The first-order chi connectivity index (χ1) is 8.76. The van der Waals surface area contributed by atoms with Crippen LogP contribution in [0.4, 0.5) is 5.82 Å². The SMILES string of the molecule is COC(=O)CCCCCNc1cnc(C#N)cn1. The number of unbranched alkanes of at least 4 members (excludes halogenated alkanes) is 2. The molecule has 6 heteroatoms. The van der Waals surface area contributed by atoms with Crippen LogP contribution in [0.15, 0.2) is 12.4 Å². The molecule has 6 nitrogen and oxygen atoms in total. The van der Waals surface area contributed by atoms with Crippen molar-refractivity contribution >= 4 is 11.8 Å². The van der Waals surface area contributed by atoms with Crippen LogP contribution < -0.4 is 5.32 Å². The first kappa shape index (κ1) is 13.9. The van der Waals surface area contributed by atoms with E-state index in [1.54, 1.807) is 0 Å². The van der Waals surface area contributed by atoms with Gasteiger partial charge in [0.25, 0.3) is 0 Å². The third-order valence-corrected chi connectivity index (χ3v) is 2.36. The molecule has 1 aromatic rings. The van der Waals surface area contributed by atoms with Gasteiger partial charge in [-0.25, -0.2) is 9.97 Å². The maximum absolute atomic E-state index is 10.8. The lowest BCUT2D eigenvalue weighted by molar-refractivity contribution is -0.140. The Kier molecular flexibility index (Phi) is 6.19. The number of ether oxygens (including phenoxy) is 1. The molecule has 0 spiro atoms. The fourth-order valence-electron chi connectivity index (χ4n) is 1.37. The van der Waals surface area contributed by atoms with Crippen LogP contribution in [0.5, 0.6) is 0 Å². The third-order valence-electron chi connectivity index (χ3n) is 2.36. The summed E-state index contributed by atoms with van der Waals surface area (Å²) in [6, 6.07) is 1.91. The fourth-order valence-corrected chi connectivity index (χ4v) is 1.37. The van der Waals surface area contributed by atoms with E-state index in [0.717, 1.165) is 25.8 Å². The summed E-state index contributed by atoms with van der Waals surface area (Å²) in [5.74, 6) is 0.489. The maximum atomic E-state index is 10.8. The number of aromatic nitrogens is 2. The van der Waals surface area contributed by atoms with Gasteiger partial charge < -0.3 is 10.1 Å². The summed E-state index contributed by atoms with van der Waals surface area (Å²) in [6.45, 7) is 0.766. The Morgan fingerprint density at radius 3 is 2.83 bits per heavy atom. The van der Waals surface area contributed by atoms with Crippen LogP contribution in [0.2, 0.25) is 0 Å². The third kappa shape index (κ3) is 5.25. The summed E-state index contributed by atoms with van der Waals surface area (Å²) >= 11 is 0. The average Bonchev–Trinajstić information content (AvgIpc) is 2.43. The topological polar surface area (TPSA) is 87.9 Å². The first-order valence-corrected chi connectivity index (χ1v) is 5.79. The largest absolute Gasteiger partial charge is 0.469 e. The highest BCUT2D eigenvalue weighted by Gasteiger charge is 1.99. The summed E-state index contributed by atoms with van der Waals surface area (Å²) in [7, 11) is 1.40. The van der Waals surface area contributed by atoms with Gasteiger partial charge in [0, 0.05) is 13.0 Å². The molecule has 0 aliphatic rings. The van der Waals surface area contributed by atoms with Gasteiger partial charge in [-0.3, -0.25) is 4.79 Å². The van der Waals surface area contributed by atoms with Crippen molar-refractivity contribution in [1.29, 1.82) is 5.26 Å². The molecule has 18 heavy (non-hydrogen) atoms. The van der Waals surface area contributed by atoms with Crippen molar-refractivity contribution in [3.05, 3.63) is 18.1 Å². The monoisotopic (exact) mass is 248 g/mol. The molecular weight excluding hydrogens is 232 g/mol. The molecule has 0 aliphatic carbocycles. The number of carbonyl (C=O) groups excluding carboxylic acids is 1. The highest BCUT2D eigenvalue weighted by Crippen LogP contribution is 2.04. The number of hydrogen-bond acceptors (Lipinski definition) is 6. The summed E-state index contributed by atoms with van der Waals surface area (Å²) in [5.41, 5.74) is 0.304. The van der Waals surface area contributed by atoms with Crippen molar-refractivity contribution in [2.24, 2.45) is 0 Å². The number of esters is 1. The van der Waals surface area contributed by atoms with Crippen molar-refractivity contribution in [3.63, 3.8) is 0 Å². The predicted octanol–water partition coefficient (Wildman–Crippen LogP) is 1.49. The molecule has 0 saturated carbocycles. The Hall–Kier alpha value is -2.16. The number of carbonyl (C=O) groups is 1. The number of nitriles is 1. The zero-order valence-corrected chi connectivity index (χ0v) is 10.3. The fraction of sp³-hybridized carbons (Fsp3) is 0.500. The smallest absolute Gasteiger partial charge is 0.305 e. The number of rotatable bonds is 7. The lowest BCUT2D eigenvalue weighted by Gasteiger charge is -2.04. The van der Waals surface area contributed by atoms with Crippen LogP contribution in [0.1, 0.15) is 31.4 Å². The van der Waals surface area contributed by atoms with Crippen molar-refractivity contribution in [2.45, 2.75) is 25.7 Å². The molecule has 0 aliphatic heterocycles. The van der Waals surface area contributed by atoms with Gasteiger partial charge in [0.2, 0.25) is 0 Å². The molecular formula is C12H16N4O2. The summed E-state index contributed by atoms with van der Waals surface area (Å²) < 4.78 is 4.55. The molecule has 96 valence electrons. The van der Waals surface area contributed by atoms with E-state index in [9.17, 15) is 4.79 Å². The summed E-state index contributed by atoms with van der Waals surface area (Å²) in [6.07, 6.45) is 6.15. The van der Waals surface area contributed by atoms with Gasteiger partial charge in [-0.15, -0.1) is 0 Å². The van der Waals surface area contributed by atoms with Gasteiger partial charge in [0.05, 0.1) is 19.5 Å². The Labute approximate surface area is 106 Å². The first-order valence-electron chi connectivity index (χ1n) is 5.79. The van der Waals surface area contributed by atoms with Gasteiger partial charge >= 0.3 is 5.97 Å². The van der Waals surface area contributed by atoms with E-state index in [0.29, 0.717) is 17.9 Å². The molecule has 0 bridgehead atoms. The Morgan fingerprint density at radius 2 is 2.22 bits per heavy atom. The van der Waals surface area contributed by atoms with Gasteiger partial charge in [0.1, 0.15) is 11.9 Å². The van der Waals surface area contributed by atoms with Crippen LogP contribution in [-0.2, 0) is 9.53 Å². The van der Waals surface area contributed by atoms with Gasteiger partial charge in [-0.1, -0.05) is 6.42 Å². The zero-order valence-electron chi connectivity index (χ0n) is 10.3. The minimum absolute atomic E-state index is 0.166. The minimum Gasteiger partial charge on any atom is -0.469 e. The van der Waals surface area contributed by atoms with Crippen LogP contribution in [0, 0.1) is 11.3 Å². The number of methoxy groups -OCH3 is 1. The Bertz CT molecular complexity index is 411. The predicted molar refractivity (Wildman–Crippen MR) is 65.7 cm³/mol. The molecule has 0 fully saturated rings. The standard InChI is InChI=1S/C12H16N4O2/c1-18-12(17)5-3-2-4-6-14-11-9-15-10(7-13)8-16-11/h8-9H,2-6H2,1H3,(H,14,16). The van der Waals surface area contributed by atoms with E-state index >= 15 is 0 Å². The van der Waals surface area contributed by atoms with Crippen LogP contribution >= 0.6 is 0 Å². The lowest BCUT2D eigenvalue weighted by Crippen LogP contribution is -2.05. The molecule has 1 N–H and O–H groups in total. The molecule has 0 saturated heterocycles. The van der Waals surface area contributed by atoms with Crippen LogP contribution in [0.25, 0.3) is 0 Å². The zero-order chi connectivity index (χ0) is 13.2. The van der Waals surface area contributed by atoms with E-state index < -0.39 is 0 Å². The normalized spacial score (nSPS) is 9.56. The van der Waals surface area contributed by atoms with E-state index in [1.807, 2.05) is 6.07 Å². The second-order valence-electron chi connectivity index (χ2n) is 3.71. The van der Waals surface area contributed by atoms with Gasteiger partial charge in [0.15, 0.2) is 5.69 Å². The molecule has 1 heterocycles. The van der Waals surface area contributed by atoms with Crippen molar-refractivity contribution in [1.82, 2.24) is 9.97 Å². The highest BCUT2D eigenvalue weighted by molar-refractivity contribution is 5.68. The van der Waals surface area contributed by atoms with Gasteiger partial charge in [-0.05, 0) is 12.8 Å². The van der Waals surface area contributed by atoms with E-state index in [2.05, 4.69) is 20.0 Å². The van der Waals surface area contributed by atoms with E-state index in [-0.39, 0.29) is 5.97 Å². The molecule has 0 unspecified atom stereocenters. The minimum atomic E-state index is -0.166. The number of nitrogens with zero attached hydrogens (tertiary/aromatic N) is 3. The van der Waals surface area contributed by atoms with Crippen LogP contribution in [-0.4, -0.2) is 29.6 Å². The van der Waals surface area contributed by atoms with Crippen LogP contribution in [0.3, 0.4) is 0 Å². The van der Waals surface area contributed by atoms with E-state index in [1.165, 1.54) is 19.5 Å². The second-order valence-corrected chi connectivity index (χ2v) is 3.71. The van der Waals surface area contributed by atoms with Crippen molar-refractivity contribution < 1.29 is 9.53 Å². The van der Waals surface area contributed by atoms with Crippen molar-refractivity contribution in [3.8, 4) is 6.07 Å². The lowest BCUT2D eigenvalue weighted by atomic mass is 10.2. The number of anilines is 1. The maximum Gasteiger partial charge on any atom is 0.305 e.